The molecule has 2 aromatic heterocycles. The highest BCUT2D eigenvalue weighted by atomic mass is 16.1. The second-order valence-corrected chi connectivity index (χ2v) is 7.01. The average Bonchev–Trinajstić information content (AvgIpc) is 2.62. The van der Waals surface area contributed by atoms with Crippen LogP contribution >= 0.6 is 0 Å². The summed E-state index contributed by atoms with van der Waals surface area (Å²) in [7, 11) is 2.13. The number of aromatic nitrogens is 2. The van der Waals surface area contributed by atoms with Gasteiger partial charge in [0.15, 0.2) is 0 Å². The minimum atomic E-state index is -0.0211. The number of aryl methyl sites for hydroxylation is 1. The van der Waals surface area contributed by atoms with E-state index in [1.165, 1.54) is 21.2 Å². The number of nitrogens with one attached hydrogen (secondary N) is 1. The minimum Gasteiger partial charge on any atom is -0.329 e. The van der Waals surface area contributed by atoms with E-state index in [0.717, 1.165) is 17.8 Å². The van der Waals surface area contributed by atoms with E-state index in [9.17, 15) is 4.79 Å². The van der Waals surface area contributed by atoms with Crippen molar-refractivity contribution in [1.29, 1.82) is 0 Å². The quantitative estimate of drug-likeness (QED) is 0.617. The lowest BCUT2D eigenvalue weighted by Crippen LogP contribution is -3.06. The Morgan fingerprint density at radius 3 is 2.62 bits per heavy atom. The maximum absolute atomic E-state index is 12.4. The van der Waals surface area contributed by atoms with E-state index in [4.69, 9.17) is 0 Å². The summed E-state index contributed by atoms with van der Waals surface area (Å²) in [5.41, 5.74) is 3.85. The summed E-state index contributed by atoms with van der Waals surface area (Å²) in [4.78, 5) is 18.3. The van der Waals surface area contributed by atoms with Crippen molar-refractivity contribution < 1.29 is 4.90 Å². The maximum atomic E-state index is 12.4. The molecule has 0 fully saturated rings. The Kier molecular flexibility index (Phi) is 4.27. The molecule has 0 spiro atoms. The van der Waals surface area contributed by atoms with E-state index in [2.05, 4.69) is 54.5 Å². The topological polar surface area (TPSA) is 38.8 Å². The van der Waals surface area contributed by atoms with Crippen molar-refractivity contribution in [1.82, 2.24) is 9.38 Å². The van der Waals surface area contributed by atoms with Gasteiger partial charge in [-0.1, -0.05) is 42.5 Å². The Morgan fingerprint density at radius 1 is 0.962 bits per heavy atom. The summed E-state index contributed by atoms with van der Waals surface area (Å²) in [6.07, 6.45) is 1.83. The van der Waals surface area contributed by atoms with Crippen LogP contribution in [0.15, 0.2) is 71.7 Å². The second kappa shape index (κ2) is 6.73. The molecule has 4 nitrogen and oxygen atoms in total. The summed E-state index contributed by atoms with van der Waals surface area (Å²) in [5.74, 6) is 0. The normalized spacial score (nSPS) is 12.5. The highest BCUT2D eigenvalue weighted by Crippen LogP contribution is 2.15. The molecule has 4 aromatic rings. The van der Waals surface area contributed by atoms with E-state index < -0.39 is 0 Å². The Hall–Kier alpha value is -2.98. The van der Waals surface area contributed by atoms with Gasteiger partial charge in [-0.2, -0.15) is 0 Å². The molecule has 0 bridgehead atoms. The average molecular weight is 344 g/mol. The van der Waals surface area contributed by atoms with Crippen molar-refractivity contribution in [2.24, 2.45) is 0 Å². The van der Waals surface area contributed by atoms with Gasteiger partial charge in [0.25, 0.3) is 5.56 Å². The van der Waals surface area contributed by atoms with E-state index in [0.29, 0.717) is 12.2 Å². The first-order valence-electron chi connectivity index (χ1n) is 8.86. The van der Waals surface area contributed by atoms with Crippen LogP contribution in [0.2, 0.25) is 0 Å². The molecular formula is C22H22N3O+. The van der Waals surface area contributed by atoms with Crippen LogP contribution in [0.25, 0.3) is 16.4 Å². The monoisotopic (exact) mass is 344 g/mol. The molecule has 2 aromatic carbocycles. The van der Waals surface area contributed by atoms with Crippen LogP contribution in [0.1, 0.15) is 16.8 Å². The summed E-state index contributed by atoms with van der Waals surface area (Å²) in [6, 6.07) is 20.5. The predicted octanol–water partition coefficient (Wildman–Crippen LogP) is 2.37. The number of benzene rings is 2. The van der Waals surface area contributed by atoms with Crippen LogP contribution in [0.5, 0.6) is 0 Å². The lowest BCUT2D eigenvalue weighted by molar-refractivity contribution is -0.908. The molecule has 0 saturated heterocycles. The first-order chi connectivity index (χ1) is 12.6. The Balaban J connectivity index is 1.55. The highest BCUT2D eigenvalue weighted by molar-refractivity contribution is 5.82. The Labute approximate surface area is 152 Å². The van der Waals surface area contributed by atoms with Crippen LogP contribution in [-0.4, -0.2) is 16.4 Å². The van der Waals surface area contributed by atoms with Crippen molar-refractivity contribution in [2.45, 2.75) is 20.0 Å². The van der Waals surface area contributed by atoms with Gasteiger partial charge in [0.05, 0.1) is 7.05 Å². The van der Waals surface area contributed by atoms with Gasteiger partial charge >= 0.3 is 0 Å². The van der Waals surface area contributed by atoms with Gasteiger partial charge < -0.3 is 4.90 Å². The zero-order valence-electron chi connectivity index (χ0n) is 15.1. The molecule has 0 aliphatic rings. The zero-order chi connectivity index (χ0) is 18.1. The van der Waals surface area contributed by atoms with Crippen molar-refractivity contribution in [3.05, 3.63) is 94.0 Å². The molecule has 0 aliphatic carbocycles. The molecule has 0 aliphatic heterocycles. The molecule has 26 heavy (non-hydrogen) atoms. The third-order valence-electron chi connectivity index (χ3n) is 4.66. The van der Waals surface area contributed by atoms with Crippen LogP contribution in [0, 0.1) is 6.92 Å². The number of quaternary nitrogens is 1. The summed E-state index contributed by atoms with van der Waals surface area (Å²) in [5, 5.41) is 2.52. The van der Waals surface area contributed by atoms with Crippen molar-refractivity contribution in [3.63, 3.8) is 0 Å². The smallest absolute Gasteiger partial charge is 0.258 e. The standard InChI is InChI=1S/C22H21N3O/c1-16-7-10-21-23-20(12-22(26)25(21)13-16)15-24(2)14-17-8-9-18-5-3-4-6-19(18)11-17/h3-13H,14-15H2,1-2H3/p+1. The lowest BCUT2D eigenvalue weighted by Gasteiger charge is -2.14. The van der Waals surface area contributed by atoms with Crippen LogP contribution in [0.3, 0.4) is 0 Å². The fourth-order valence-electron chi connectivity index (χ4n) is 3.42. The molecule has 1 unspecified atom stereocenters. The molecule has 4 heteroatoms. The molecule has 0 radical (unpaired) electrons. The molecule has 130 valence electrons. The van der Waals surface area contributed by atoms with Crippen LogP contribution < -0.4 is 10.5 Å². The minimum absolute atomic E-state index is 0.0211. The van der Waals surface area contributed by atoms with Gasteiger partial charge in [-0.25, -0.2) is 4.98 Å². The van der Waals surface area contributed by atoms with Crippen LogP contribution in [0.4, 0.5) is 0 Å². The van der Waals surface area contributed by atoms with E-state index in [1.54, 1.807) is 10.5 Å². The molecule has 4 rings (SSSR count). The summed E-state index contributed by atoms with van der Waals surface area (Å²) < 4.78 is 1.61. The first kappa shape index (κ1) is 16.5. The fourth-order valence-corrected chi connectivity index (χ4v) is 3.42. The number of hydrogen-bond donors (Lipinski definition) is 1. The van der Waals surface area contributed by atoms with Crippen molar-refractivity contribution in [3.8, 4) is 0 Å². The maximum Gasteiger partial charge on any atom is 0.258 e. The zero-order valence-corrected chi connectivity index (χ0v) is 15.1. The Morgan fingerprint density at radius 2 is 1.77 bits per heavy atom. The van der Waals surface area contributed by atoms with Gasteiger partial charge in [0.1, 0.15) is 24.4 Å². The third-order valence-corrected chi connectivity index (χ3v) is 4.66. The van der Waals surface area contributed by atoms with Crippen LogP contribution in [-0.2, 0) is 13.1 Å². The first-order valence-corrected chi connectivity index (χ1v) is 8.86. The number of nitrogens with zero attached hydrogens (tertiary/aromatic N) is 2. The molecular weight excluding hydrogens is 322 g/mol. The summed E-state index contributed by atoms with van der Waals surface area (Å²) in [6.45, 7) is 3.58. The molecule has 0 amide bonds. The Bertz CT molecular complexity index is 1150. The largest absolute Gasteiger partial charge is 0.329 e. The van der Waals surface area contributed by atoms with E-state index >= 15 is 0 Å². The molecule has 1 atom stereocenters. The fraction of sp³-hybridized carbons (Fsp3) is 0.182. The van der Waals surface area contributed by atoms with Crippen molar-refractivity contribution in [2.75, 3.05) is 7.05 Å². The predicted molar refractivity (Wildman–Crippen MR) is 104 cm³/mol. The van der Waals surface area contributed by atoms with Gasteiger partial charge in [-0.15, -0.1) is 0 Å². The van der Waals surface area contributed by atoms with E-state index in [1.807, 2.05) is 25.3 Å². The molecule has 1 N–H and O–H groups in total. The van der Waals surface area contributed by atoms with Gasteiger partial charge in [-0.3, -0.25) is 9.20 Å². The van der Waals surface area contributed by atoms with E-state index in [-0.39, 0.29) is 5.56 Å². The number of pyridine rings is 1. The second-order valence-electron chi connectivity index (χ2n) is 7.01. The number of rotatable bonds is 4. The molecule has 0 saturated carbocycles. The number of hydrogen-bond acceptors (Lipinski definition) is 2. The SMILES string of the molecule is Cc1ccc2nc(C[NH+](C)Cc3ccc4ccccc4c3)cc(=O)n2c1. The lowest BCUT2D eigenvalue weighted by atomic mass is 10.1. The summed E-state index contributed by atoms with van der Waals surface area (Å²) >= 11 is 0. The van der Waals surface area contributed by atoms with Gasteiger partial charge in [0, 0.05) is 17.8 Å². The van der Waals surface area contributed by atoms with Crippen molar-refractivity contribution >= 4 is 16.4 Å². The van der Waals surface area contributed by atoms with Gasteiger partial charge in [-0.05, 0) is 35.4 Å². The molecule has 2 heterocycles. The number of fused-ring (bicyclic) bond motifs is 2. The highest BCUT2D eigenvalue weighted by Gasteiger charge is 2.10. The van der Waals surface area contributed by atoms with Gasteiger partial charge in [0.2, 0.25) is 0 Å². The third kappa shape index (κ3) is 3.37.